The first-order chi connectivity index (χ1) is 9.63. The van der Waals surface area contributed by atoms with Gasteiger partial charge in [-0.2, -0.15) is 0 Å². The number of rotatable bonds is 2. The van der Waals surface area contributed by atoms with Gasteiger partial charge < -0.3 is 11.1 Å². The van der Waals surface area contributed by atoms with Gasteiger partial charge in [-0.05, 0) is 30.0 Å². The predicted octanol–water partition coefficient (Wildman–Crippen LogP) is 3.27. The number of carbonyl (C=O) groups is 1. The van der Waals surface area contributed by atoms with Crippen molar-refractivity contribution in [3.63, 3.8) is 0 Å². The minimum Gasteiger partial charge on any atom is -0.320 e. The number of hydrogen-bond acceptors (Lipinski definition) is 3. The van der Waals surface area contributed by atoms with E-state index in [0.29, 0.717) is 15.6 Å². The molecule has 1 aromatic carbocycles. The highest BCUT2D eigenvalue weighted by molar-refractivity contribution is 7.13. The van der Waals surface area contributed by atoms with Crippen LogP contribution in [-0.2, 0) is 0 Å². The van der Waals surface area contributed by atoms with Crippen LogP contribution in [0, 0.1) is 18.8 Å². The molecule has 5 heteroatoms. The second-order valence-corrected chi connectivity index (χ2v) is 5.33. The van der Waals surface area contributed by atoms with E-state index in [2.05, 4.69) is 17.2 Å². The Kier molecular flexibility index (Phi) is 4.80. The zero-order chi connectivity index (χ0) is 14.5. The smallest absolute Gasteiger partial charge is 0.267 e. The summed E-state index contributed by atoms with van der Waals surface area (Å²) in [6.07, 6.45) is 0. The molecular formula is C15H13ClN2OS. The SMILES string of the molecule is Cc1csc(C(=O)Nc2ccccc2C#CCN)c1Cl. The molecule has 0 fully saturated rings. The third-order valence-electron chi connectivity index (χ3n) is 2.61. The molecule has 102 valence electrons. The van der Waals surface area contributed by atoms with Crippen molar-refractivity contribution in [2.75, 3.05) is 11.9 Å². The van der Waals surface area contributed by atoms with Gasteiger partial charge in [0.2, 0.25) is 0 Å². The van der Waals surface area contributed by atoms with E-state index in [1.165, 1.54) is 11.3 Å². The fourth-order valence-corrected chi connectivity index (χ4v) is 2.78. The van der Waals surface area contributed by atoms with Gasteiger partial charge in [-0.15, -0.1) is 11.3 Å². The highest BCUT2D eigenvalue weighted by Gasteiger charge is 2.15. The summed E-state index contributed by atoms with van der Waals surface area (Å²) in [5.74, 6) is 5.48. The summed E-state index contributed by atoms with van der Waals surface area (Å²) in [7, 11) is 0. The zero-order valence-corrected chi connectivity index (χ0v) is 12.4. The van der Waals surface area contributed by atoms with Crippen LogP contribution in [0.3, 0.4) is 0 Å². The molecule has 0 aliphatic carbocycles. The maximum atomic E-state index is 12.2. The van der Waals surface area contributed by atoms with Crippen molar-refractivity contribution in [1.29, 1.82) is 0 Å². The highest BCUT2D eigenvalue weighted by atomic mass is 35.5. The number of amides is 1. The van der Waals surface area contributed by atoms with Gasteiger partial charge >= 0.3 is 0 Å². The molecule has 1 amide bonds. The van der Waals surface area contributed by atoms with Crippen LogP contribution < -0.4 is 11.1 Å². The molecule has 0 unspecified atom stereocenters. The minimum absolute atomic E-state index is 0.227. The lowest BCUT2D eigenvalue weighted by atomic mass is 10.2. The first kappa shape index (κ1) is 14.6. The first-order valence-electron chi connectivity index (χ1n) is 5.96. The number of thiophene rings is 1. The summed E-state index contributed by atoms with van der Waals surface area (Å²) in [5.41, 5.74) is 7.65. The lowest BCUT2D eigenvalue weighted by molar-refractivity contribution is 0.103. The first-order valence-corrected chi connectivity index (χ1v) is 7.22. The molecule has 1 aromatic heterocycles. The standard InChI is InChI=1S/C15H13ClN2OS/c1-10-9-20-14(13(10)16)15(19)18-12-7-3-2-5-11(12)6-4-8-17/h2-3,5,7,9H,8,17H2,1H3,(H,18,19). The molecule has 0 saturated carbocycles. The van der Waals surface area contributed by atoms with Crippen LogP contribution in [0.15, 0.2) is 29.6 Å². The second-order valence-electron chi connectivity index (χ2n) is 4.07. The number of carbonyl (C=O) groups excluding carboxylic acids is 1. The summed E-state index contributed by atoms with van der Waals surface area (Å²) in [6.45, 7) is 2.15. The van der Waals surface area contributed by atoms with Crippen molar-refractivity contribution >= 4 is 34.5 Å². The number of nitrogens with two attached hydrogens (primary N) is 1. The van der Waals surface area contributed by atoms with E-state index < -0.39 is 0 Å². The Balaban J connectivity index is 2.26. The fourth-order valence-electron chi connectivity index (χ4n) is 1.61. The van der Waals surface area contributed by atoms with Crippen LogP contribution in [-0.4, -0.2) is 12.5 Å². The molecule has 0 aliphatic rings. The molecule has 0 saturated heterocycles. The Labute approximate surface area is 126 Å². The van der Waals surface area contributed by atoms with Crippen molar-refractivity contribution in [3.05, 3.63) is 50.7 Å². The molecule has 0 aliphatic heterocycles. The van der Waals surface area contributed by atoms with Gasteiger partial charge in [-0.1, -0.05) is 35.6 Å². The maximum Gasteiger partial charge on any atom is 0.267 e. The number of aryl methyl sites for hydroxylation is 1. The lowest BCUT2D eigenvalue weighted by Crippen LogP contribution is -2.11. The Bertz CT molecular complexity index is 697. The summed E-state index contributed by atoms with van der Waals surface area (Å²) in [6, 6.07) is 7.33. The Morgan fingerprint density at radius 3 is 2.85 bits per heavy atom. The van der Waals surface area contributed by atoms with Crippen molar-refractivity contribution in [1.82, 2.24) is 0 Å². The minimum atomic E-state index is -0.227. The zero-order valence-electron chi connectivity index (χ0n) is 10.9. The van der Waals surface area contributed by atoms with Crippen molar-refractivity contribution in [2.45, 2.75) is 6.92 Å². The van der Waals surface area contributed by atoms with Crippen LogP contribution in [0.4, 0.5) is 5.69 Å². The molecular weight excluding hydrogens is 292 g/mol. The van der Waals surface area contributed by atoms with Crippen molar-refractivity contribution in [3.8, 4) is 11.8 Å². The van der Waals surface area contributed by atoms with Gasteiger partial charge in [0.1, 0.15) is 4.88 Å². The molecule has 0 radical (unpaired) electrons. The topological polar surface area (TPSA) is 55.1 Å². The number of benzene rings is 1. The summed E-state index contributed by atoms with van der Waals surface area (Å²) in [5, 5.41) is 5.19. The van der Waals surface area contributed by atoms with Gasteiger partial charge in [0.15, 0.2) is 0 Å². The average Bonchev–Trinajstić information content (AvgIpc) is 2.78. The molecule has 0 bridgehead atoms. The van der Waals surface area contributed by atoms with Gasteiger partial charge in [0, 0.05) is 5.56 Å². The molecule has 20 heavy (non-hydrogen) atoms. The molecule has 2 rings (SSSR count). The fraction of sp³-hybridized carbons (Fsp3) is 0.133. The second kappa shape index (κ2) is 6.58. The Hall–Kier alpha value is -1.80. The molecule has 3 nitrogen and oxygen atoms in total. The molecule has 0 spiro atoms. The van der Waals surface area contributed by atoms with E-state index in [1.807, 2.05) is 30.5 Å². The number of nitrogens with one attached hydrogen (secondary N) is 1. The van der Waals surface area contributed by atoms with E-state index in [-0.39, 0.29) is 12.5 Å². The maximum absolute atomic E-state index is 12.2. The molecule has 3 N–H and O–H groups in total. The Morgan fingerprint density at radius 2 is 2.20 bits per heavy atom. The van der Waals surface area contributed by atoms with Gasteiger partial charge in [0.05, 0.1) is 17.3 Å². The van der Waals surface area contributed by atoms with Gasteiger partial charge in [0.25, 0.3) is 5.91 Å². The van der Waals surface area contributed by atoms with E-state index in [4.69, 9.17) is 17.3 Å². The van der Waals surface area contributed by atoms with Crippen LogP contribution in [0.5, 0.6) is 0 Å². The van der Waals surface area contributed by atoms with Crippen LogP contribution in [0.25, 0.3) is 0 Å². The molecule has 0 atom stereocenters. The van der Waals surface area contributed by atoms with Crippen LogP contribution in [0.2, 0.25) is 5.02 Å². The van der Waals surface area contributed by atoms with E-state index in [0.717, 1.165) is 11.1 Å². The Morgan fingerprint density at radius 1 is 1.45 bits per heavy atom. The molecule has 2 aromatic rings. The quantitative estimate of drug-likeness (QED) is 0.837. The summed E-state index contributed by atoms with van der Waals surface area (Å²) < 4.78 is 0. The summed E-state index contributed by atoms with van der Waals surface area (Å²) >= 11 is 7.43. The average molecular weight is 305 g/mol. The van der Waals surface area contributed by atoms with E-state index in [1.54, 1.807) is 6.07 Å². The highest BCUT2D eigenvalue weighted by Crippen LogP contribution is 2.28. The van der Waals surface area contributed by atoms with Crippen LogP contribution in [0.1, 0.15) is 20.8 Å². The van der Waals surface area contributed by atoms with Crippen molar-refractivity contribution in [2.24, 2.45) is 5.73 Å². The monoisotopic (exact) mass is 304 g/mol. The van der Waals surface area contributed by atoms with Crippen molar-refractivity contribution < 1.29 is 4.79 Å². The van der Waals surface area contributed by atoms with Crippen LogP contribution >= 0.6 is 22.9 Å². The van der Waals surface area contributed by atoms with E-state index in [9.17, 15) is 4.79 Å². The largest absolute Gasteiger partial charge is 0.320 e. The number of hydrogen-bond donors (Lipinski definition) is 2. The third-order valence-corrected chi connectivity index (χ3v) is 4.30. The molecule has 1 heterocycles. The lowest BCUT2D eigenvalue weighted by Gasteiger charge is -2.06. The predicted molar refractivity (Wildman–Crippen MR) is 84.4 cm³/mol. The number of para-hydroxylation sites is 1. The third kappa shape index (κ3) is 3.20. The number of anilines is 1. The number of halogens is 1. The van der Waals surface area contributed by atoms with E-state index >= 15 is 0 Å². The summed E-state index contributed by atoms with van der Waals surface area (Å²) in [4.78, 5) is 12.7. The normalized spacial score (nSPS) is 9.75. The van der Waals surface area contributed by atoms with Gasteiger partial charge in [-0.3, -0.25) is 4.79 Å². The van der Waals surface area contributed by atoms with Gasteiger partial charge in [-0.25, -0.2) is 0 Å².